The first kappa shape index (κ1) is 23.4. The number of amides is 1. The summed E-state index contributed by atoms with van der Waals surface area (Å²) in [4.78, 5) is 31.3. The molecular weight excluding hydrogens is 438 g/mol. The van der Waals surface area contributed by atoms with Crippen LogP contribution in [-0.4, -0.2) is 32.6 Å². The molecule has 1 heterocycles. The van der Waals surface area contributed by atoms with E-state index in [4.69, 9.17) is 0 Å². The first-order valence-corrected chi connectivity index (χ1v) is 13.8. The van der Waals surface area contributed by atoms with Gasteiger partial charge in [0.2, 0.25) is 5.91 Å². The zero-order valence-electron chi connectivity index (χ0n) is 21.7. The number of hydrogen-bond donors (Lipinski definition) is 2. The van der Waals surface area contributed by atoms with Crippen LogP contribution in [0.15, 0.2) is 30.4 Å². The van der Waals surface area contributed by atoms with Crippen LogP contribution in [0.2, 0.25) is 0 Å². The molecule has 1 aromatic rings. The lowest BCUT2D eigenvalue weighted by molar-refractivity contribution is -0.203. The van der Waals surface area contributed by atoms with E-state index >= 15 is 0 Å². The number of allylic oxidation sites excluding steroid dienone is 2. The first-order valence-electron chi connectivity index (χ1n) is 13.8. The summed E-state index contributed by atoms with van der Waals surface area (Å²) in [7, 11) is 0. The second-order valence-corrected chi connectivity index (χ2v) is 13.2. The SMILES string of the molecule is CC(C)C1=CC23CCC4C(C)(C(=O)Nn5ccnc5)CCCC4(C)C2CC1C1C(O)CCC(=O)C13. The number of aromatic nitrogens is 2. The number of nitrogens with one attached hydrogen (secondary N) is 1. The summed E-state index contributed by atoms with van der Waals surface area (Å²) in [5.41, 5.74) is 3.95. The third-order valence-electron chi connectivity index (χ3n) is 11.5. The number of hydrogen-bond acceptors (Lipinski definition) is 4. The van der Waals surface area contributed by atoms with Crippen molar-refractivity contribution in [3.63, 3.8) is 0 Å². The maximum atomic E-state index is 13.7. The smallest absolute Gasteiger partial charge is 0.245 e. The maximum absolute atomic E-state index is 13.7. The Hall–Kier alpha value is -1.95. The van der Waals surface area contributed by atoms with Gasteiger partial charge in [0.25, 0.3) is 0 Å². The van der Waals surface area contributed by atoms with Crippen LogP contribution in [0.4, 0.5) is 0 Å². The summed E-state index contributed by atoms with van der Waals surface area (Å²) >= 11 is 0. The Morgan fingerprint density at radius 1 is 1.20 bits per heavy atom. The average Bonchev–Trinajstić information content (AvgIpc) is 3.33. The molecule has 6 aliphatic carbocycles. The number of ketones is 1. The van der Waals surface area contributed by atoms with Gasteiger partial charge < -0.3 is 5.11 Å². The lowest BCUT2D eigenvalue weighted by Gasteiger charge is -2.70. The molecule has 9 unspecified atom stereocenters. The van der Waals surface area contributed by atoms with Gasteiger partial charge in [0.15, 0.2) is 0 Å². The number of rotatable bonds is 3. The topological polar surface area (TPSA) is 84.2 Å². The molecule has 1 spiro atoms. The van der Waals surface area contributed by atoms with Crippen LogP contribution in [0.1, 0.15) is 79.1 Å². The Morgan fingerprint density at radius 2 is 2.00 bits per heavy atom. The predicted octanol–water partition coefficient (Wildman–Crippen LogP) is 4.73. The molecule has 6 heteroatoms. The standard InChI is InChI=1S/C29H41N3O3/c1-17(2)19-15-29-11-8-22-27(3,9-5-10-28(22,4)26(35)31-32-13-12-30-16-32)23(29)14-18(19)24-20(33)6-7-21(34)25(24)29/h12-13,15-18,20,22-25,33H,5-11,14H2,1-4H3,(H,31,35). The molecule has 4 saturated carbocycles. The number of imidazole rings is 1. The summed E-state index contributed by atoms with van der Waals surface area (Å²) < 4.78 is 1.66. The zero-order chi connectivity index (χ0) is 24.8. The molecule has 0 radical (unpaired) electrons. The van der Waals surface area contributed by atoms with Gasteiger partial charge >= 0.3 is 0 Å². The molecule has 2 N–H and O–H groups in total. The second-order valence-electron chi connectivity index (χ2n) is 13.2. The van der Waals surface area contributed by atoms with E-state index in [-0.39, 0.29) is 46.5 Å². The van der Waals surface area contributed by atoms with Gasteiger partial charge in [-0.05, 0) is 67.6 Å². The van der Waals surface area contributed by atoms with Crippen LogP contribution in [0, 0.1) is 51.8 Å². The molecule has 1 amide bonds. The largest absolute Gasteiger partial charge is 0.393 e. The number of aliphatic hydroxyl groups is 1. The summed E-state index contributed by atoms with van der Waals surface area (Å²) in [5.74, 6) is 1.88. The van der Waals surface area contributed by atoms with Crippen molar-refractivity contribution in [3.8, 4) is 0 Å². The first-order chi connectivity index (χ1) is 16.6. The van der Waals surface area contributed by atoms with E-state index in [0.29, 0.717) is 30.5 Å². The highest BCUT2D eigenvalue weighted by atomic mass is 16.3. The van der Waals surface area contributed by atoms with Crippen LogP contribution < -0.4 is 5.43 Å². The van der Waals surface area contributed by atoms with Crippen molar-refractivity contribution in [1.82, 2.24) is 9.66 Å². The van der Waals surface area contributed by atoms with E-state index in [1.807, 2.05) is 0 Å². The minimum Gasteiger partial charge on any atom is -0.393 e. The van der Waals surface area contributed by atoms with Crippen molar-refractivity contribution >= 4 is 11.7 Å². The van der Waals surface area contributed by atoms with Crippen LogP contribution in [0.5, 0.6) is 0 Å². The van der Waals surface area contributed by atoms with Gasteiger partial charge in [0.1, 0.15) is 12.1 Å². The van der Waals surface area contributed by atoms with Gasteiger partial charge in [-0.3, -0.25) is 15.0 Å². The summed E-state index contributed by atoms with van der Waals surface area (Å²) in [6.45, 7) is 9.16. The van der Waals surface area contributed by atoms with Crippen molar-refractivity contribution in [2.45, 2.75) is 85.2 Å². The highest BCUT2D eigenvalue weighted by molar-refractivity contribution is 5.89. The number of aliphatic hydroxyl groups excluding tert-OH is 1. The minimum atomic E-state index is -0.449. The van der Waals surface area contributed by atoms with E-state index in [0.717, 1.165) is 38.5 Å². The molecule has 1 aromatic heterocycles. The molecule has 6 aliphatic rings. The van der Waals surface area contributed by atoms with E-state index in [1.165, 1.54) is 5.57 Å². The van der Waals surface area contributed by atoms with Crippen LogP contribution in [0.25, 0.3) is 0 Å². The Labute approximate surface area is 208 Å². The Balaban J connectivity index is 1.41. The summed E-state index contributed by atoms with van der Waals surface area (Å²) in [6, 6.07) is 0. The maximum Gasteiger partial charge on any atom is 0.245 e. The molecule has 0 aliphatic heterocycles. The fraction of sp³-hybridized carbons (Fsp3) is 0.759. The Morgan fingerprint density at radius 3 is 2.71 bits per heavy atom. The predicted molar refractivity (Wildman–Crippen MR) is 134 cm³/mol. The summed E-state index contributed by atoms with van der Waals surface area (Å²) in [6.07, 6.45) is 14.4. The number of fused-ring (bicyclic) bond motifs is 1. The minimum absolute atomic E-state index is 0.00242. The van der Waals surface area contributed by atoms with Gasteiger partial charge in [-0.25, -0.2) is 9.66 Å². The molecule has 35 heavy (non-hydrogen) atoms. The molecule has 190 valence electrons. The molecule has 7 rings (SSSR count). The van der Waals surface area contributed by atoms with Gasteiger partial charge in [-0.15, -0.1) is 0 Å². The average molecular weight is 480 g/mol. The van der Waals surface area contributed by atoms with Crippen molar-refractivity contribution in [3.05, 3.63) is 30.4 Å². The van der Waals surface area contributed by atoms with E-state index in [1.54, 1.807) is 23.4 Å². The number of Topliss-reactive ketones (excluding diaryl/α,β-unsaturated/α-hetero) is 1. The quantitative estimate of drug-likeness (QED) is 0.614. The third kappa shape index (κ3) is 3.07. The van der Waals surface area contributed by atoms with Gasteiger partial charge in [-0.1, -0.05) is 45.8 Å². The molecule has 0 saturated heterocycles. The monoisotopic (exact) mass is 479 g/mol. The highest BCUT2D eigenvalue weighted by Crippen LogP contribution is 2.74. The zero-order valence-corrected chi connectivity index (χ0v) is 21.7. The third-order valence-corrected chi connectivity index (χ3v) is 11.5. The molecule has 9 atom stereocenters. The molecule has 2 bridgehead atoms. The van der Waals surface area contributed by atoms with Crippen LogP contribution in [0.3, 0.4) is 0 Å². The number of carbonyl (C=O) groups is 2. The molecular formula is C29H41N3O3. The lowest BCUT2D eigenvalue weighted by atomic mass is 9.33. The number of nitrogens with zero attached hydrogens (tertiary/aromatic N) is 2. The van der Waals surface area contributed by atoms with E-state index in [2.05, 4.69) is 44.2 Å². The molecule has 6 nitrogen and oxygen atoms in total. The van der Waals surface area contributed by atoms with Crippen molar-refractivity contribution < 1.29 is 14.7 Å². The van der Waals surface area contributed by atoms with E-state index in [9.17, 15) is 14.7 Å². The lowest BCUT2D eigenvalue weighted by Crippen LogP contribution is -2.68. The van der Waals surface area contributed by atoms with Gasteiger partial charge in [0, 0.05) is 36.1 Å². The van der Waals surface area contributed by atoms with E-state index < -0.39 is 5.41 Å². The molecule has 0 aromatic carbocycles. The molecule has 4 fully saturated rings. The van der Waals surface area contributed by atoms with Crippen molar-refractivity contribution in [2.75, 3.05) is 5.43 Å². The van der Waals surface area contributed by atoms with Crippen LogP contribution in [-0.2, 0) is 9.59 Å². The van der Waals surface area contributed by atoms with Crippen molar-refractivity contribution in [2.24, 2.45) is 51.8 Å². The van der Waals surface area contributed by atoms with Gasteiger partial charge in [-0.2, -0.15) is 0 Å². The fourth-order valence-electron chi connectivity index (χ4n) is 10.1. The second kappa shape index (κ2) is 7.77. The highest BCUT2D eigenvalue weighted by Gasteiger charge is 2.70. The normalized spacial score (nSPS) is 46.5. The summed E-state index contributed by atoms with van der Waals surface area (Å²) in [5, 5.41) is 11.2. The van der Waals surface area contributed by atoms with Gasteiger partial charge in [0.05, 0.1) is 11.5 Å². The fourth-order valence-corrected chi connectivity index (χ4v) is 10.1. The van der Waals surface area contributed by atoms with Crippen LogP contribution >= 0.6 is 0 Å². The number of carbonyl (C=O) groups excluding carboxylic acids is 2. The Bertz CT molecular complexity index is 1060. The van der Waals surface area contributed by atoms with Crippen molar-refractivity contribution in [1.29, 1.82) is 0 Å². The Kier molecular flexibility index (Phi) is 5.21.